The molecule has 1 atom stereocenters. The van der Waals surface area contributed by atoms with Crippen LogP contribution in [0.1, 0.15) is 60.3 Å². The molecule has 1 saturated heterocycles. The minimum absolute atomic E-state index is 0.113. The van der Waals surface area contributed by atoms with E-state index in [1.165, 1.54) is 25.7 Å². The molecule has 2 rings (SSSR count). The van der Waals surface area contributed by atoms with Gasteiger partial charge in [-0.3, -0.25) is 0 Å². The van der Waals surface area contributed by atoms with Crippen molar-refractivity contribution in [2.75, 3.05) is 13.2 Å². The van der Waals surface area contributed by atoms with Gasteiger partial charge in [0.15, 0.2) is 0 Å². The fourth-order valence-electron chi connectivity index (χ4n) is 4.05. The lowest BCUT2D eigenvalue weighted by Gasteiger charge is -2.53. The molecule has 2 heteroatoms. The third kappa shape index (κ3) is 2.75. The van der Waals surface area contributed by atoms with Gasteiger partial charge in [-0.05, 0) is 42.9 Å². The lowest BCUT2D eigenvalue weighted by molar-refractivity contribution is -0.147. The summed E-state index contributed by atoms with van der Waals surface area (Å²) in [5, 5.41) is 3.74. The Morgan fingerprint density at radius 1 is 1.17 bits per heavy atom. The summed E-state index contributed by atoms with van der Waals surface area (Å²) in [7, 11) is 0. The smallest absolute Gasteiger partial charge is 0.0840 e. The molecule has 1 aliphatic heterocycles. The molecule has 2 nitrogen and oxygen atoms in total. The van der Waals surface area contributed by atoms with Gasteiger partial charge >= 0.3 is 0 Å². The average Bonchev–Trinajstić information content (AvgIpc) is 2.28. The predicted molar refractivity (Wildman–Crippen MR) is 76.7 cm³/mol. The normalized spacial score (nSPS) is 38.3. The van der Waals surface area contributed by atoms with Crippen LogP contribution in [-0.4, -0.2) is 24.8 Å². The van der Waals surface area contributed by atoms with E-state index in [1.807, 2.05) is 0 Å². The molecule has 1 N–H and O–H groups in total. The molecule has 0 radical (unpaired) electrons. The zero-order valence-electron chi connectivity index (χ0n) is 12.9. The van der Waals surface area contributed by atoms with E-state index < -0.39 is 0 Å². The van der Waals surface area contributed by atoms with E-state index in [0.29, 0.717) is 6.04 Å². The van der Waals surface area contributed by atoms with E-state index in [1.54, 1.807) is 0 Å². The molecular weight excluding hydrogens is 222 g/mol. The Morgan fingerprint density at radius 2 is 1.78 bits per heavy atom. The van der Waals surface area contributed by atoms with Crippen molar-refractivity contribution in [2.45, 2.75) is 71.9 Å². The molecule has 1 heterocycles. The summed E-state index contributed by atoms with van der Waals surface area (Å²) in [5.41, 5.74) is 0.396. The van der Waals surface area contributed by atoms with Crippen LogP contribution in [0.3, 0.4) is 0 Å². The molecular formula is C16H31NO. The van der Waals surface area contributed by atoms with Gasteiger partial charge in [-0.1, -0.05) is 34.6 Å². The maximum absolute atomic E-state index is 6.31. The van der Waals surface area contributed by atoms with Gasteiger partial charge in [-0.25, -0.2) is 0 Å². The van der Waals surface area contributed by atoms with Crippen molar-refractivity contribution in [1.29, 1.82) is 0 Å². The Hall–Kier alpha value is -0.0800. The lowest BCUT2D eigenvalue weighted by atomic mass is 9.65. The van der Waals surface area contributed by atoms with Crippen LogP contribution in [0, 0.1) is 17.3 Å². The molecule has 0 bridgehead atoms. The van der Waals surface area contributed by atoms with Crippen LogP contribution in [-0.2, 0) is 4.74 Å². The van der Waals surface area contributed by atoms with E-state index in [4.69, 9.17) is 4.74 Å². The van der Waals surface area contributed by atoms with E-state index >= 15 is 0 Å². The first-order valence-electron chi connectivity index (χ1n) is 7.72. The molecule has 0 aromatic heterocycles. The Kier molecular flexibility index (Phi) is 4.08. The second-order valence-corrected chi connectivity index (χ2v) is 7.75. The third-order valence-corrected chi connectivity index (χ3v) is 5.05. The quantitative estimate of drug-likeness (QED) is 0.771. The summed E-state index contributed by atoms with van der Waals surface area (Å²) in [5.74, 6) is 1.73. The number of hydrogen-bond acceptors (Lipinski definition) is 2. The Bertz CT molecular complexity index is 271. The minimum atomic E-state index is 0.113. The largest absolute Gasteiger partial charge is 0.372 e. The standard InChI is InChI=1S/C16H31NO/c1-12(2)13-6-8-16(9-7-13)14(15(3,4)5)17-10-11-18-16/h12-14,17H,6-11H2,1-5H3. The fourth-order valence-corrected chi connectivity index (χ4v) is 4.05. The lowest BCUT2D eigenvalue weighted by Crippen LogP contribution is -2.64. The van der Waals surface area contributed by atoms with Crippen molar-refractivity contribution < 1.29 is 4.74 Å². The number of hydrogen-bond donors (Lipinski definition) is 1. The van der Waals surface area contributed by atoms with Gasteiger partial charge in [0.1, 0.15) is 0 Å². The van der Waals surface area contributed by atoms with Crippen LogP contribution in [0.2, 0.25) is 0 Å². The first kappa shape index (κ1) is 14.3. The molecule has 1 saturated carbocycles. The van der Waals surface area contributed by atoms with Crippen LogP contribution in [0.25, 0.3) is 0 Å². The van der Waals surface area contributed by atoms with Crippen molar-refractivity contribution in [1.82, 2.24) is 5.32 Å². The zero-order chi connectivity index (χ0) is 13.4. The number of rotatable bonds is 1. The van der Waals surface area contributed by atoms with Crippen molar-refractivity contribution >= 4 is 0 Å². The molecule has 0 amide bonds. The molecule has 0 aromatic carbocycles. The van der Waals surface area contributed by atoms with Gasteiger partial charge in [0.05, 0.1) is 12.2 Å². The van der Waals surface area contributed by atoms with Crippen molar-refractivity contribution in [3.05, 3.63) is 0 Å². The van der Waals surface area contributed by atoms with E-state index in [0.717, 1.165) is 25.0 Å². The maximum atomic E-state index is 6.31. The molecule has 1 unspecified atom stereocenters. The highest BCUT2D eigenvalue weighted by Gasteiger charge is 2.49. The topological polar surface area (TPSA) is 21.3 Å². The summed E-state index contributed by atoms with van der Waals surface area (Å²) in [6, 6.07) is 0.506. The molecule has 106 valence electrons. The van der Waals surface area contributed by atoms with Gasteiger partial charge in [-0.15, -0.1) is 0 Å². The second kappa shape index (κ2) is 5.13. The van der Waals surface area contributed by atoms with Gasteiger partial charge in [0.25, 0.3) is 0 Å². The zero-order valence-corrected chi connectivity index (χ0v) is 12.9. The van der Waals surface area contributed by atoms with Crippen molar-refractivity contribution in [3.63, 3.8) is 0 Å². The summed E-state index contributed by atoms with van der Waals surface area (Å²) < 4.78 is 6.31. The van der Waals surface area contributed by atoms with Crippen LogP contribution in [0.4, 0.5) is 0 Å². The van der Waals surface area contributed by atoms with Crippen LogP contribution in [0.5, 0.6) is 0 Å². The average molecular weight is 253 g/mol. The van der Waals surface area contributed by atoms with Crippen molar-refractivity contribution in [3.8, 4) is 0 Å². The molecule has 18 heavy (non-hydrogen) atoms. The molecule has 2 aliphatic rings. The summed E-state index contributed by atoms with van der Waals surface area (Å²) in [4.78, 5) is 0. The Morgan fingerprint density at radius 3 is 2.28 bits per heavy atom. The SMILES string of the molecule is CC(C)C1CCC2(CC1)OCCNC2C(C)(C)C. The van der Waals surface area contributed by atoms with E-state index in [9.17, 15) is 0 Å². The van der Waals surface area contributed by atoms with Gasteiger partial charge in [0.2, 0.25) is 0 Å². The van der Waals surface area contributed by atoms with Crippen LogP contribution in [0.15, 0.2) is 0 Å². The summed E-state index contributed by atoms with van der Waals surface area (Å²) in [6.07, 6.45) is 5.16. The summed E-state index contributed by atoms with van der Waals surface area (Å²) in [6.45, 7) is 13.7. The van der Waals surface area contributed by atoms with Crippen LogP contribution >= 0.6 is 0 Å². The van der Waals surface area contributed by atoms with Crippen molar-refractivity contribution in [2.24, 2.45) is 17.3 Å². The third-order valence-electron chi connectivity index (χ3n) is 5.05. The monoisotopic (exact) mass is 253 g/mol. The molecule has 1 aliphatic carbocycles. The van der Waals surface area contributed by atoms with Gasteiger partial charge in [0, 0.05) is 12.6 Å². The highest BCUT2D eigenvalue weighted by atomic mass is 16.5. The second-order valence-electron chi connectivity index (χ2n) is 7.75. The maximum Gasteiger partial charge on any atom is 0.0840 e. The first-order chi connectivity index (χ1) is 8.35. The van der Waals surface area contributed by atoms with Gasteiger partial charge < -0.3 is 10.1 Å². The molecule has 0 aromatic rings. The highest BCUT2D eigenvalue weighted by molar-refractivity contribution is 5.03. The first-order valence-corrected chi connectivity index (χ1v) is 7.72. The number of ether oxygens (including phenoxy) is 1. The predicted octanol–water partition coefficient (Wildman–Crippen LogP) is 3.61. The van der Waals surface area contributed by atoms with Gasteiger partial charge in [-0.2, -0.15) is 0 Å². The summed E-state index contributed by atoms with van der Waals surface area (Å²) >= 11 is 0. The number of morpholine rings is 1. The Labute approximate surface area is 113 Å². The molecule has 1 spiro atoms. The number of nitrogens with one attached hydrogen (secondary N) is 1. The fraction of sp³-hybridized carbons (Fsp3) is 1.00. The highest BCUT2D eigenvalue weighted by Crippen LogP contribution is 2.45. The minimum Gasteiger partial charge on any atom is -0.372 e. The molecule has 2 fully saturated rings. The van der Waals surface area contributed by atoms with E-state index in [-0.39, 0.29) is 11.0 Å². The van der Waals surface area contributed by atoms with E-state index in [2.05, 4.69) is 39.9 Å². The Balaban J connectivity index is 2.09. The van der Waals surface area contributed by atoms with Crippen LogP contribution < -0.4 is 5.32 Å².